The summed E-state index contributed by atoms with van der Waals surface area (Å²) >= 11 is 1.26. The van der Waals surface area contributed by atoms with Crippen LogP contribution in [0.25, 0.3) is 11.8 Å². The van der Waals surface area contributed by atoms with Gasteiger partial charge in [-0.2, -0.15) is 5.26 Å². The molecule has 0 atom stereocenters. The van der Waals surface area contributed by atoms with Crippen LogP contribution >= 0.6 is 11.3 Å². The van der Waals surface area contributed by atoms with Gasteiger partial charge in [-0.1, -0.05) is 29.5 Å². The van der Waals surface area contributed by atoms with E-state index in [9.17, 15) is 10.1 Å². The fraction of sp³-hybridized carbons (Fsp3) is 0.158. The monoisotopic (exact) mass is 363 g/mol. The number of benzene rings is 1. The summed E-state index contributed by atoms with van der Waals surface area (Å²) in [6, 6.07) is 13.9. The number of aryl methyl sites for hydroxylation is 2. The minimum absolute atomic E-state index is 0.0196. The molecule has 1 aromatic carbocycles. The Labute approximate surface area is 155 Å². The van der Waals surface area contributed by atoms with E-state index < -0.39 is 5.91 Å². The first-order chi connectivity index (χ1) is 12.5. The Morgan fingerprint density at radius 2 is 1.96 bits per heavy atom. The topological polar surface area (TPSA) is 83.6 Å². The highest BCUT2D eigenvalue weighted by atomic mass is 32.1. The number of nitrogens with one attached hydrogen (secondary N) is 1. The quantitative estimate of drug-likeness (QED) is 0.564. The van der Waals surface area contributed by atoms with E-state index in [2.05, 4.69) is 20.1 Å². The number of nitriles is 1. The van der Waals surface area contributed by atoms with Gasteiger partial charge in [0.2, 0.25) is 5.13 Å². The second kappa shape index (κ2) is 7.33. The maximum atomic E-state index is 12.4. The molecule has 0 fully saturated rings. The van der Waals surface area contributed by atoms with E-state index in [4.69, 9.17) is 0 Å². The van der Waals surface area contributed by atoms with Gasteiger partial charge in [-0.25, -0.2) is 0 Å². The number of nitrogens with zero attached hydrogens (tertiary/aromatic N) is 4. The van der Waals surface area contributed by atoms with E-state index >= 15 is 0 Å². The van der Waals surface area contributed by atoms with E-state index in [1.165, 1.54) is 11.3 Å². The van der Waals surface area contributed by atoms with E-state index in [0.29, 0.717) is 5.13 Å². The zero-order valence-electron chi connectivity index (χ0n) is 14.6. The molecule has 0 saturated carbocycles. The van der Waals surface area contributed by atoms with Gasteiger partial charge in [0.05, 0.1) is 0 Å². The van der Waals surface area contributed by atoms with Crippen molar-refractivity contribution in [2.75, 3.05) is 5.32 Å². The fourth-order valence-corrected chi connectivity index (χ4v) is 3.31. The van der Waals surface area contributed by atoms with Crippen molar-refractivity contribution in [1.29, 1.82) is 5.26 Å². The number of rotatable bonds is 4. The second-order valence-electron chi connectivity index (χ2n) is 5.75. The minimum Gasteiger partial charge on any atom is -0.318 e. The van der Waals surface area contributed by atoms with Crippen molar-refractivity contribution in [3.8, 4) is 11.8 Å². The van der Waals surface area contributed by atoms with E-state index in [1.807, 2.05) is 56.3 Å². The molecule has 6 nitrogen and oxygen atoms in total. The van der Waals surface area contributed by atoms with Gasteiger partial charge in [0.15, 0.2) is 0 Å². The number of hydrogen-bond donors (Lipinski definition) is 1. The first-order valence-electron chi connectivity index (χ1n) is 7.97. The highest BCUT2D eigenvalue weighted by molar-refractivity contribution is 7.15. The Kier molecular flexibility index (Phi) is 4.96. The van der Waals surface area contributed by atoms with Crippen molar-refractivity contribution >= 4 is 28.5 Å². The second-order valence-corrected chi connectivity index (χ2v) is 6.93. The standard InChI is InChI=1S/C19H17N5OS/c1-12-9-15(13(2)24(12)17-7-5-4-6-8-17)10-16(11-20)18(25)21-19-23-22-14(3)26-19/h4-10H,1-3H3,(H,21,23,25)/b16-10-. The summed E-state index contributed by atoms with van der Waals surface area (Å²) in [5, 5.41) is 20.8. The maximum absolute atomic E-state index is 12.4. The van der Waals surface area contributed by atoms with Crippen LogP contribution < -0.4 is 5.32 Å². The zero-order valence-corrected chi connectivity index (χ0v) is 15.5. The van der Waals surface area contributed by atoms with E-state index in [1.54, 1.807) is 13.0 Å². The summed E-state index contributed by atoms with van der Waals surface area (Å²) in [4.78, 5) is 12.4. The largest absolute Gasteiger partial charge is 0.318 e. The molecule has 0 unspecified atom stereocenters. The smallest absolute Gasteiger partial charge is 0.268 e. The molecular formula is C19H17N5OS. The van der Waals surface area contributed by atoms with Crippen LogP contribution in [0.15, 0.2) is 42.0 Å². The molecule has 0 aliphatic heterocycles. The highest BCUT2D eigenvalue weighted by Gasteiger charge is 2.15. The van der Waals surface area contributed by atoms with Crippen molar-refractivity contribution in [3.63, 3.8) is 0 Å². The van der Waals surface area contributed by atoms with Gasteiger partial charge in [0, 0.05) is 17.1 Å². The lowest BCUT2D eigenvalue weighted by molar-refractivity contribution is -0.112. The Bertz CT molecular complexity index is 1020. The molecule has 0 aliphatic carbocycles. The van der Waals surface area contributed by atoms with E-state index in [-0.39, 0.29) is 5.57 Å². The van der Waals surface area contributed by atoms with Gasteiger partial charge >= 0.3 is 0 Å². The lowest BCUT2D eigenvalue weighted by Gasteiger charge is -2.09. The Morgan fingerprint density at radius 3 is 2.58 bits per heavy atom. The van der Waals surface area contributed by atoms with Crippen LogP contribution in [-0.4, -0.2) is 20.7 Å². The van der Waals surface area contributed by atoms with Gasteiger partial charge in [0.25, 0.3) is 5.91 Å². The first kappa shape index (κ1) is 17.6. The molecule has 3 rings (SSSR count). The molecule has 2 heterocycles. The molecule has 0 saturated heterocycles. The third-order valence-electron chi connectivity index (χ3n) is 3.90. The lowest BCUT2D eigenvalue weighted by atomic mass is 10.1. The van der Waals surface area contributed by atoms with Gasteiger partial charge in [-0.05, 0) is 50.6 Å². The molecule has 26 heavy (non-hydrogen) atoms. The molecule has 3 aromatic rings. The SMILES string of the molecule is Cc1nnc(NC(=O)/C(C#N)=C\c2cc(C)n(-c3ccccc3)c2C)s1. The maximum Gasteiger partial charge on any atom is 0.268 e. The average molecular weight is 363 g/mol. The molecule has 7 heteroatoms. The number of para-hydroxylation sites is 1. The minimum atomic E-state index is -0.492. The number of aromatic nitrogens is 3. The van der Waals surface area contributed by atoms with Gasteiger partial charge < -0.3 is 4.57 Å². The third-order valence-corrected chi connectivity index (χ3v) is 4.65. The highest BCUT2D eigenvalue weighted by Crippen LogP contribution is 2.23. The molecule has 0 bridgehead atoms. The fourth-order valence-electron chi connectivity index (χ4n) is 2.72. The molecular weight excluding hydrogens is 346 g/mol. The summed E-state index contributed by atoms with van der Waals surface area (Å²) in [7, 11) is 0. The van der Waals surface area contributed by atoms with Crippen LogP contribution in [0.3, 0.4) is 0 Å². The van der Waals surface area contributed by atoms with Crippen molar-refractivity contribution in [2.24, 2.45) is 0 Å². The third kappa shape index (κ3) is 3.55. The summed E-state index contributed by atoms with van der Waals surface area (Å²) in [6.45, 7) is 5.76. The van der Waals surface area contributed by atoms with Crippen LogP contribution in [0, 0.1) is 32.1 Å². The molecule has 0 spiro atoms. The van der Waals surface area contributed by atoms with Gasteiger partial charge in [0.1, 0.15) is 16.6 Å². The van der Waals surface area contributed by atoms with Crippen LogP contribution in [0.2, 0.25) is 0 Å². The number of anilines is 1. The lowest BCUT2D eigenvalue weighted by Crippen LogP contribution is -2.13. The normalized spacial score (nSPS) is 11.2. The number of carbonyl (C=O) groups excluding carboxylic acids is 1. The summed E-state index contributed by atoms with van der Waals surface area (Å²) < 4.78 is 2.09. The predicted octanol–water partition coefficient (Wildman–Crippen LogP) is 3.80. The Balaban J connectivity index is 1.93. The molecule has 1 amide bonds. The molecule has 2 aromatic heterocycles. The van der Waals surface area contributed by atoms with Crippen LogP contribution in [0.1, 0.15) is 22.0 Å². The predicted molar refractivity (Wildman–Crippen MR) is 102 cm³/mol. The number of hydrogen-bond acceptors (Lipinski definition) is 5. The molecule has 0 aliphatic rings. The number of carbonyl (C=O) groups is 1. The summed E-state index contributed by atoms with van der Waals surface area (Å²) in [6.07, 6.45) is 1.60. The van der Waals surface area contributed by atoms with E-state index in [0.717, 1.165) is 27.6 Å². The Morgan fingerprint density at radius 1 is 1.23 bits per heavy atom. The zero-order chi connectivity index (χ0) is 18.7. The van der Waals surface area contributed by atoms with Crippen LogP contribution in [0.4, 0.5) is 5.13 Å². The van der Waals surface area contributed by atoms with Crippen LogP contribution in [-0.2, 0) is 4.79 Å². The Hall–Kier alpha value is -3.24. The van der Waals surface area contributed by atoms with Crippen molar-refractivity contribution in [2.45, 2.75) is 20.8 Å². The molecule has 0 radical (unpaired) electrons. The van der Waals surface area contributed by atoms with Crippen molar-refractivity contribution in [1.82, 2.24) is 14.8 Å². The first-order valence-corrected chi connectivity index (χ1v) is 8.79. The molecule has 1 N–H and O–H groups in total. The summed E-state index contributed by atoms with van der Waals surface area (Å²) in [5.41, 5.74) is 3.87. The average Bonchev–Trinajstić information content (AvgIpc) is 3.15. The van der Waals surface area contributed by atoms with Crippen molar-refractivity contribution in [3.05, 3.63) is 63.9 Å². The van der Waals surface area contributed by atoms with Gasteiger partial charge in [-0.3, -0.25) is 10.1 Å². The number of amides is 1. The molecule has 130 valence electrons. The van der Waals surface area contributed by atoms with Crippen molar-refractivity contribution < 1.29 is 4.79 Å². The summed E-state index contributed by atoms with van der Waals surface area (Å²) in [5.74, 6) is -0.492. The van der Waals surface area contributed by atoms with Crippen LogP contribution in [0.5, 0.6) is 0 Å². The van der Waals surface area contributed by atoms with Gasteiger partial charge in [-0.15, -0.1) is 10.2 Å².